The van der Waals surface area contributed by atoms with Gasteiger partial charge in [-0.2, -0.15) is 0 Å². The average Bonchev–Trinajstić information content (AvgIpc) is 3.49. The lowest BCUT2D eigenvalue weighted by atomic mass is 9.87. The summed E-state index contributed by atoms with van der Waals surface area (Å²) in [6, 6.07) is 10.1. The Hall–Kier alpha value is -4.34. The molecule has 182 valence electrons. The van der Waals surface area contributed by atoms with E-state index in [1.54, 1.807) is 50.4 Å². The molecule has 5 rings (SSSR count). The SMILES string of the molecule is COc1ccc(NC(=O)[C@H]2Oc3cc(C)oc(=O)c3[C@@H]2c2cc(OC)c3c(c2OC)OCO3)cc1. The van der Waals surface area contributed by atoms with Crippen LogP contribution >= 0.6 is 0 Å². The molecule has 35 heavy (non-hydrogen) atoms. The molecule has 2 aromatic carbocycles. The molecule has 0 unspecified atom stereocenters. The van der Waals surface area contributed by atoms with Crippen molar-refractivity contribution in [3.05, 3.63) is 63.7 Å². The Morgan fingerprint density at radius 1 is 1.00 bits per heavy atom. The summed E-state index contributed by atoms with van der Waals surface area (Å²) in [7, 11) is 4.51. The molecule has 0 spiro atoms. The number of hydrogen-bond acceptors (Lipinski definition) is 9. The Labute approximate surface area is 200 Å². The zero-order chi connectivity index (χ0) is 24.7. The van der Waals surface area contributed by atoms with Crippen LogP contribution in [0.3, 0.4) is 0 Å². The minimum absolute atomic E-state index is 0.0218. The lowest BCUT2D eigenvalue weighted by Gasteiger charge is -2.22. The highest BCUT2D eigenvalue weighted by Crippen LogP contribution is 2.54. The Balaban J connectivity index is 1.63. The number of ether oxygens (including phenoxy) is 6. The maximum Gasteiger partial charge on any atom is 0.343 e. The number of fused-ring (bicyclic) bond motifs is 2. The van der Waals surface area contributed by atoms with E-state index >= 15 is 0 Å². The van der Waals surface area contributed by atoms with E-state index in [1.165, 1.54) is 14.2 Å². The van der Waals surface area contributed by atoms with Crippen LogP contribution in [0, 0.1) is 6.92 Å². The molecule has 0 bridgehead atoms. The van der Waals surface area contributed by atoms with Crippen molar-refractivity contribution >= 4 is 11.6 Å². The summed E-state index contributed by atoms with van der Waals surface area (Å²) < 4.78 is 38.9. The normalized spacial score (nSPS) is 17.4. The quantitative estimate of drug-likeness (QED) is 0.567. The van der Waals surface area contributed by atoms with Gasteiger partial charge in [0.1, 0.15) is 17.3 Å². The highest BCUT2D eigenvalue weighted by molar-refractivity contribution is 5.96. The van der Waals surface area contributed by atoms with Crippen LogP contribution in [0.25, 0.3) is 0 Å². The van der Waals surface area contributed by atoms with Gasteiger partial charge in [0.15, 0.2) is 17.6 Å². The van der Waals surface area contributed by atoms with Gasteiger partial charge in [0.2, 0.25) is 18.3 Å². The zero-order valence-corrected chi connectivity index (χ0v) is 19.5. The second kappa shape index (κ2) is 8.79. The minimum Gasteiger partial charge on any atom is -0.497 e. The van der Waals surface area contributed by atoms with Gasteiger partial charge in [0.25, 0.3) is 5.91 Å². The highest BCUT2D eigenvalue weighted by atomic mass is 16.7. The molecule has 0 aliphatic carbocycles. The fourth-order valence-electron chi connectivity index (χ4n) is 4.37. The second-order valence-electron chi connectivity index (χ2n) is 7.92. The first-order chi connectivity index (χ1) is 16.9. The van der Waals surface area contributed by atoms with Gasteiger partial charge in [-0.3, -0.25) is 4.79 Å². The van der Waals surface area contributed by atoms with Crippen LogP contribution in [0.5, 0.6) is 34.5 Å². The van der Waals surface area contributed by atoms with E-state index in [-0.39, 0.29) is 18.1 Å². The number of benzene rings is 2. The molecule has 10 nitrogen and oxygen atoms in total. The smallest absolute Gasteiger partial charge is 0.343 e. The van der Waals surface area contributed by atoms with E-state index in [2.05, 4.69) is 5.32 Å². The number of methoxy groups -OCH3 is 3. The van der Waals surface area contributed by atoms with E-state index in [4.69, 9.17) is 32.8 Å². The molecule has 2 aliphatic rings. The average molecular weight is 481 g/mol. The fourth-order valence-corrected chi connectivity index (χ4v) is 4.37. The molecule has 3 heterocycles. The molecule has 1 amide bonds. The first-order valence-corrected chi connectivity index (χ1v) is 10.8. The molecule has 2 aliphatic heterocycles. The number of nitrogens with one attached hydrogen (secondary N) is 1. The predicted molar refractivity (Wildman–Crippen MR) is 123 cm³/mol. The highest BCUT2D eigenvalue weighted by Gasteiger charge is 2.46. The topological polar surface area (TPSA) is 115 Å². The molecule has 0 saturated heterocycles. The molecule has 1 N–H and O–H groups in total. The Morgan fingerprint density at radius 2 is 1.74 bits per heavy atom. The first kappa shape index (κ1) is 22.5. The summed E-state index contributed by atoms with van der Waals surface area (Å²) >= 11 is 0. The van der Waals surface area contributed by atoms with Crippen molar-refractivity contribution < 1.29 is 37.6 Å². The minimum atomic E-state index is -1.12. The number of amides is 1. The second-order valence-corrected chi connectivity index (χ2v) is 7.92. The first-order valence-electron chi connectivity index (χ1n) is 10.8. The van der Waals surface area contributed by atoms with E-state index in [0.717, 1.165) is 0 Å². The van der Waals surface area contributed by atoms with E-state index in [0.29, 0.717) is 45.8 Å². The van der Waals surface area contributed by atoms with Gasteiger partial charge in [0.05, 0.1) is 32.8 Å². The molecular formula is C25H23NO9. The summed E-state index contributed by atoms with van der Waals surface area (Å²) in [6.45, 7) is 1.61. The van der Waals surface area contributed by atoms with Crippen LogP contribution in [0.2, 0.25) is 0 Å². The van der Waals surface area contributed by atoms with Gasteiger partial charge in [0, 0.05) is 17.3 Å². The lowest BCUT2D eigenvalue weighted by molar-refractivity contribution is -0.122. The molecule has 0 fully saturated rings. The summed E-state index contributed by atoms with van der Waals surface area (Å²) in [5, 5.41) is 2.84. The van der Waals surface area contributed by atoms with Crippen molar-refractivity contribution in [3.8, 4) is 34.5 Å². The number of aryl methyl sites for hydroxylation is 1. The molecule has 3 aromatic rings. The van der Waals surface area contributed by atoms with Crippen LogP contribution in [-0.2, 0) is 4.79 Å². The summed E-state index contributed by atoms with van der Waals surface area (Å²) in [5.41, 5.74) is 0.582. The van der Waals surface area contributed by atoms with Crippen LogP contribution in [0.4, 0.5) is 5.69 Å². The third-order valence-electron chi connectivity index (χ3n) is 5.91. The maximum absolute atomic E-state index is 13.5. The molecule has 1 aromatic heterocycles. The van der Waals surface area contributed by atoms with Gasteiger partial charge >= 0.3 is 5.63 Å². The van der Waals surface area contributed by atoms with Crippen LogP contribution in [0.15, 0.2) is 45.6 Å². The van der Waals surface area contributed by atoms with Crippen molar-refractivity contribution in [2.24, 2.45) is 0 Å². The summed E-state index contributed by atoms with van der Waals surface area (Å²) in [6.07, 6.45) is -1.12. The van der Waals surface area contributed by atoms with Crippen LogP contribution < -0.4 is 39.4 Å². The molecule has 0 radical (unpaired) electrons. The van der Waals surface area contributed by atoms with Gasteiger partial charge in [-0.15, -0.1) is 0 Å². The lowest BCUT2D eigenvalue weighted by Crippen LogP contribution is -2.35. The Morgan fingerprint density at radius 3 is 2.43 bits per heavy atom. The number of hydrogen-bond donors (Lipinski definition) is 1. The summed E-state index contributed by atoms with van der Waals surface area (Å²) in [5.74, 6) is 1.30. The zero-order valence-electron chi connectivity index (χ0n) is 19.5. The van der Waals surface area contributed by atoms with E-state index in [9.17, 15) is 9.59 Å². The van der Waals surface area contributed by atoms with Crippen molar-refractivity contribution in [1.29, 1.82) is 0 Å². The van der Waals surface area contributed by atoms with Crippen LogP contribution in [0.1, 0.15) is 22.8 Å². The standard InChI is InChI=1S/C25H23NO9/c1-12-9-16-19(25(28)34-12)18(15-10-17(30-3)21-23(20(15)31-4)33-11-32-21)22(35-16)24(27)26-13-5-7-14(29-2)8-6-13/h5-10,18,22H,11H2,1-4H3,(H,26,27)/t18-,22-/m0/s1. The van der Waals surface area contributed by atoms with E-state index in [1.807, 2.05) is 0 Å². The predicted octanol–water partition coefficient (Wildman–Crippen LogP) is 3.23. The molecule has 2 atom stereocenters. The molecule has 10 heteroatoms. The Kier molecular flexibility index (Phi) is 5.64. The van der Waals surface area contributed by atoms with Crippen molar-refractivity contribution in [2.45, 2.75) is 18.9 Å². The number of carbonyl (C=O) groups excluding carboxylic acids is 1. The summed E-state index contributed by atoms with van der Waals surface area (Å²) in [4.78, 5) is 26.5. The maximum atomic E-state index is 13.5. The fraction of sp³-hybridized carbons (Fsp3) is 0.280. The van der Waals surface area contributed by atoms with Gasteiger partial charge < -0.3 is 38.2 Å². The van der Waals surface area contributed by atoms with Gasteiger partial charge in [-0.05, 0) is 37.3 Å². The number of rotatable bonds is 6. The largest absolute Gasteiger partial charge is 0.497 e. The number of anilines is 1. The third kappa shape index (κ3) is 3.76. The van der Waals surface area contributed by atoms with Gasteiger partial charge in [-0.25, -0.2) is 4.79 Å². The van der Waals surface area contributed by atoms with Crippen molar-refractivity contribution in [3.63, 3.8) is 0 Å². The van der Waals surface area contributed by atoms with Gasteiger partial charge in [-0.1, -0.05) is 0 Å². The molecular weight excluding hydrogens is 458 g/mol. The Bertz CT molecular complexity index is 1350. The number of carbonyl (C=O) groups is 1. The van der Waals surface area contributed by atoms with Crippen LogP contribution in [-0.4, -0.2) is 40.1 Å². The van der Waals surface area contributed by atoms with E-state index < -0.39 is 23.6 Å². The monoisotopic (exact) mass is 481 g/mol. The third-order valence-corrected chi connectivity index (χ3v) is 5.91. The molecule has 0 saturated carbocycles. The van der Waals surface area contributed by atoms with Crippen molar-refractivity contribution in [1.82, 2.24) is 0 Å². The van der Waals surface area contributed by atoms with Crippen molar-refractivity contribution in [2.75, 3.05) is 33.4 Å².